The Morgan fingerprint density at radius 2 is 2.40 bits per heavy atom. The van der Waals surface area contributed by atoms with Gasteiger partial charge in [0.05, 0.1) is 23.8 Å². The van der Waals surface area contributed by atoms with Crippen LogP contribution in [0.3, 0.4) is 0 Å². The van der Waals surface area contributed by atoms with Crippen LogP contribution in [-0.2, 0) is 0 Å². The molecule has 2 rings (SSSR count). The monoisotopic (exact) mass is 283 g/mol. The van der Waals surface area contributed by atoms with Crippen LogP contribution in [0.1, 0.15) is 19.3 Å². The van der Waals surface area contributed by atoms with E-state index in [1.165, 1.54) is 19.6 Å². The van der Waals surface area contributed by atoms with E-state index in [9.17, 15) is 14.5 Å². The summed E-state index contributed by atoms with van der Waals surface area (Å²) in [6.07, 6.45) is 3.19. The maximum absolute atomic E-state index is 13.8. The van der Waals surface area contributed by atoms with Crippen molar-refractivity contribution >= 4 is 11.4 Å². The molecule has 2 N–H and O–H groups in total. The van der Waals surface area contributed by atoms with Crippen LogP contribution >= 0.6 is 0 Å². The molecule has 7 heteroatoms. The minimum atomic E-state index is -0.659. The summed E-state index contributed by atoms with van der Waals surface area (Å²) in [7, 11) is 1.33. The average molecular weight is 283 g/mol. The molecule has 1 aliphatic rings. The Labute approximate surface area is 116 Å². The molecule has 0 aliphatic carbocycles. The van der Waals surface area contributed by atoms with Gasteiger partial charge in [-0.25, -0.2) is 4.39 Å². The van der Waals surface area contributed by atoms with E-state index in [4.69, 9.17) is 4.74 Å². The lowest BCUT2D eigenvalue weighted by Crippen LogP contribution is -2.24. The zero-order valence-electron chi connectivity index (χ0n) is 11.3. The Bertz CT molecular complexity index is 490. The fourth-order valence-corrected chi connectivity index (χ4v) is 2.37. The van der Waals surface area contributed by atoms with Gasteiger partial charge in [-0.2, -0.15) is 0 Å². The zero-order valence-corrected chi connectivity index (χ0v) is 11.3. The third-order valence-electron chi connectivity index (χ3n) is 3.44. The molecule has 0 spiro atoms. The summed E-state index contributed by atoms with van der Waals surface area (Å²) < 4.78 is 18.7. The molecule has 0 aromatic heterocycles. The SMILES string of the molecule is COc1cc(NCCC2CCCN2)c(F)cc1[N+](=O)[O-]. The van der Waals surface area contributed by atoms with Crippen LogP contribution in [0.2, 0.25) is 0 Å². The van der Waals surface area contributed by atoms with Crippen molar-refractivity contribution in [2.45, 2.75) is 25.3 Å². The number of nitrogens with zero attached hydrogens (tertiary/aromatic N) is 1. The van der Waals surface area contributed by atoms with Gasteiger partial charge < -0.3 is 15.4 Å². The summed E-state index contributed by atoms with van der Waals surface area (Å²) in [5, 5.41) is 17.1. The fraction of sp³-hybridized carbons (Fsp3) is 0.538. The highest BCUT2D eigenvalue weighted by Gasteiger charge is 2.19. The first kappa shape index (κ1) is 14.5. The maximum atomic E-state index is 13.8. The molecular weight excluding hydrogens is 265 g/mol. The predicted molar refractivity (Wildman–Crippen MR) is 73.7 cm³/mol. The van der Waals surface area contributed by atoms with E-state index in [0.29, 0.717) is 12.6 Å². The Balaban J connectivity index is 2.01. The van der Waals surface area contributed by atoms with Crippen molar-refractivity contribution in [2.24, 2.45) is 0 Å². The number of hydrogen-bond acceptors (Lipinski definition) is 5. The number of nitro benzene ring substituents is 1. The summed E-state index contributed by atoms with van der Waals surface area (Å²) in [6.45, 7) is 1.64. The van der Waals surface area contributed by atoms with Gasteiger partial charge in [0.2, 0.25) is 0 Å². The van der Waals surface area contributed by atoms with E-state index in [0.717, 1.165) is 25.5 Å². The quantitative estimate of drug-likeness (QED) is 0.619. The maximum Gasteiger partial charge on any atom is 0.313 e. The number of rotatable bonds is 6. The number of benzene rings is 1. The second-order valence-electron chi connectivity index (χ2n) is 4.77. The van der Waals surface area contributed by atoms with Crippen molar-refractivity contribution in [3.8, 4) is 5.75 Å². The molecule has 0 bridgehead atoms. The Kier molecular flexibility index (Phi) is 4.73. The summed E-state index contributed by atoms with van der Waals surface area (Å²) >= 11 is 0. The van der Waals surface area contributed by atoms with Crippen molar-refractivity contribution in [1.82, 2.24) is 5.32 Å². The van der Waals surface area contributed by atoms with Gasteiger partial charge in [-0.05, 0) is 25.8 Å². The fourth-order valence-electron chi connectivity index (χ4n) is 2.37. The van der Waals surface area contributed by atoms with E-state index in [1.807, 2.05) is 0 Å². The molecule has 1 fully saturated rings. The molecule has 1 aromatic carbocycles. The Morgan fingerprint density at radius 3 is 3.00 bits per heavy atom. The highest BCUT2D eigenvalue weighted by Crippen LogP contribution is 2.32. The van der Waals surface area contributed by atoms with Gasteiger partial charge in [0, 0.05) is 18.7 Å². The van der Waals surface area contributed by atoms with Gasteiger partial charge >= 0.3 is 5.69 Å². The van der Waals surface area contributed by atoms with Crippen LogP contribution in [0, 0.1) is 15.9 Å². The van der Waals surface area contributed by atoms with Crippen LogP contribution in [-0.4, -0.2) is 31.2 Å². The van der Waals surface area contributed by atoms with Gasteiger partial charge in [-0.3, -0.25) is 10.1 Å². The molecule has 6 nitrogen and oxygen atoms in total. The molecule has 1 aliphatic heterocycles. The first-order chi connectivity index (χ1) is 9.61. The molecule has 0 amide bonds. The lowest BCUT2D eigenvalue weighted by Gasteiger charge is -2.13. The number of nitro groups is 1. The second kappa shape index (κ2) is 6.51. The molecule has 1 aromatic rings. The summed E-state index contributed by atoms with van der Waals surface area (Å²) in [5.74, 6) is -0.588. The number of halogens is 1. The van der Waals surface area contributed by atoms with Gasteiger partial charge in [-0.1, -0.05) is 0 Å². The van der Waals surface area contributed by atoms with Crippen LogP contribution in [0.25, 0.3) is 0 Å². The zero-order chi connectivity index (χ0) is 14.5. The summed E-state index contributed by atoms with van der Waals surface area (Å²) in [6, 6.07) is 2.68. The molecule has 20 heavy (non-hydrogen) atoms. The Morgan fingerprint density at radius 1 is 1.60 bits per heavy atom. The van der Waals surface area contributed by atoms with Crippen LogP contribution in [0.4, 0.5) is 15.8 Å². The van der Waals surface area contributed by atoms with Crippen molar-refractivity contribution in [3.05, 3.63) is 28.1 Å². The van der Waals surface area contributed by atoms with Gasteiger partial charge in [0.25, 0.3) is 0 Å². The number of hydrogen-bond donors (Lipinski definition) is 2. The van der Waals surface area contributed by atoms with E-state index in [1.54, 1.807) is 0 Å². The Hall–Kier alpha value is -1.89. The first-order valence-electron chi connectivity index (χ1n) is 6.61. The van der Waals surface area contributed by atoms with Gasteiger partial charge in [0.1, 0.15) is 0 Å². The molecule has 1 atom stereocenters. The van der Waals surface area contributed by atoms with Crippen molar-refractivity contribution in [3.63, 3.8) is 0 Å². The topological polar surface area (TPSA) is 76.4 Å². The standard InChI is InChI=1S/C13H18FN3O3/c1-20-13-8-11(10(14)7-12(13)17(18)19)16-6-4-9-3-2-5-15-9/h7-9,15-16H,2-6H2,1H3. The molecular formula is C13H18FN3O3. The van der Waals surface area contributed by atoms with E-state index < -0.39 is 10.7 Å². The number of methoxy groups -OCH3 is 1. The molecule has 1 heterocycles. The lowest BCUT2D eigenvalue weighted by molar-refractivity contribution is -0.385. The average Bonchev–Trinajstić information content (AvgIpc) is 2.93. The predicted octanol–water partition coefficient (Wildman–Crippen LogP) is 2.30. The van der Waals surface area contributed by atoms with Crippen LogP contribution < -0.4 is 15.4 Å². The molecule has 110 valence electrons. The lowest BCUT2D eigenvalue weighted by atomic mass is 10.1. The van der Waals surface area contributed by atoms with Crippen molar-refractivity contribution < 1.29 is 14.1 Å². The van der Waals surface area contributed by atoms with E-state index >= 15 is 0 Å². The van der Waals surface area contributed by atoms with Gasteiger partial charge in [-0.15, -0.1) is 0 Å². The smallest absolute Gasteiger partial charge is 0.313 e. The third-order valence-corrected chi connectivity index (χ3v) is 3.44. The minimum absolute atomic E-state index is 0.0536. The molecule has 0 radical (unpaired) electrons. The number of ether oxygens (including phenoxy) is 1. The highest BCUT2D eigenvalue weighted by molar-refractivity contribution is 5.59. The number of nitrogens with one attached hydrogen (secondary N) is 2. The molecule has 0 saturated carbocycles. The van der Waals surface area contributed by atoms with Crippen molar-refractivity contribution in [2.75, 3.05) is 25.5 Å². The highest BCUT2D eigenvalue weighted by atomic mass is 19.1. The molecule has 1 unspecified atom stereocenters. The second-order valence-corrected chi connectivity index (χ2v) is 4.77. The number of anilines is 1. The van der Waals surface area contributed by atoms with E-state index in [2.05, 4.69) is 10.6 Å². The van der Waals surface area contributed by atoms with Crippen LogP contribution in [0.5, 0.6) is 5.75 Å². The van der Waals surface area contributed by atoms with Crippen LogP contribution in [0.15, 0.2) is 12.1 Å². The minimum Gasteiger partial charge on any atom is -0.490 e. The van der Waals surface area contributed by atoms with E-state index in [-0.39, 0.29) is 17.1 Å². The third kappa shape index (κ3) is 3.36. The largest absolute Gasteiger partial charge is 0.490 e. The normalized spacial score (nSPS) is 18.0. The summed E-state index contributed by atoms with van der Waals surface area (Å²) in [5.41, 5.74) is -0.140. The first-order valence-corrected chi connectivity index (χ1v) is 6.61. The molecule has 1 saturated heterocycles. The van der Waals surface area contributed by atoms with Crippen molar-refractivity contribution in [1.29, 1.82) is 0 Å². The van der Waals surface area contributed by atoms with Gasteiger partial charge in [0.15, 0.2) is 11.6 Å². The summed E-state index contributed by atoms with van der Waals surface area (Å²) in [4.78, 5) is 10.1.